The molecule has 0 spiro atoms. The lowest BCUT2D eigenvalue weighted by Crippen LogP contribution is -1.76. The van der Waals surface area contributed by atoms with Gasteiger partial charge in [-0.2, -0.15) is 0 Å². The summed E-state index contributed by atoms with van der Waals surface area (Å²) in [5.74, 6) is 0. The van der Waals surface area contributed by atoms with Crippen molar-refractivity contribution in [2.45, 2.75) is 0 Å². The van der Waals surface area contributed by atoms with Crippen molar-refractivity contribution in [1.29, 1.82) is 0 Å². The van der Waals surface area contributed by atoms with Gasteiger partial charge in [-0.15, -0.1) is 0 Å². The molecule has 82 valence electrons. The van der Waals surface area contributed by atoms with Gasteiger partial charge in [-0.3, -0.25) is 0 Å². The predicted octanol–water partition coefficient (Wildman–Crippen LogP) is 4.22. The molecule has 0 saturated heterocycles. The summed E-state index contributed by atoms with van der Waals surface area (Å²) in [6.07, 6.45) is 1.84. The maximum atomic E-state index is 3.78. The Kier molecular flexibility index (Phi) is 2.45. The number of hydrogen-bond donors (Lipinski definition) is 1. The molecule has 0 saturated carbocycles. The summed E-state index contributed by atoms with van der Waals surface area (Å²) in [6.45, 7) is 3.78. The van der Waals surface area contributed by atoms with Gasteiger partial charge < -0.3 is 4.98 Å². The Bertz CT molecular complexity index is 635. The van der Waals surface area contributed by atoms with Gasteiger partial charge in [0.25, 0.3) is 0 Å². The molecular weight excluding hydrogens is 206 g/mol. The van der Waals surface area contributed by atoms with Gasteiger partial charge in [0.2, 0.25) is 0 Å². The first-order valence-electron chi connectivity index (χ1n) is 5.67. The van der Waals surface area contributed by atoms with Crippen LogP contribution < -0.4 is 0 Å². The lowest BCUT2D eigenvalue weighted by atomic mass is 10.0. The van der Waals surface area contributed by atoms with Gasteiger partial charge in [0.05, 0.1) is 0 Å². The van der Waals surface area contributed by atoms with E-state index in [-0.39, 0.29) is 0 Å². The van der Waals surface area contributed by atoms with Crippen LogP contribution in [0, 0.1) is 13.3 Å². The van der Waals surface area contributed by atoms with Crippen molar-refractivity contribution in [3.63, 3.8) is 0 Å². The summed E-state index contributed by atoms with van der Waals surface area (Å²) >= 11 is 0. The summed E-state index contributed by atoms with van der Waals surface area (Å²) in [4.78, 5) is 3.31. The zero-order valence-corrected chi connectivity index (χ0v) is 9.48. The Balaban J connectivity index is 2.13. The monoisotopic (exact) mass is 219 g/mol. The van der Waals surface area contributed by atoms with E-state index in [2.05, 4.69) is 60.4 Å². The van der Waals surface area contributed by atoms with Crippen LogP contribution in [0.1, 0.15) is 5.69 Å². The number of benzene rings is 2. The van der Waals surface area contributed by atoms with Crippen LogP contribution in [-0.4, -0.2) is 4.98 Å². The molecule has 0 aliphatic carbocycles. The Morgan fingerprint density at radius 1 is 0.882 bits per heavy atom. The van der Waals surface area contributed by atoms with Gasteiger partial charge in [-0.25, -0.2) is 0 Å². The first kappa shape index (κ1) is 10.2. The first-order chi connectivity index (χ1) is 8.36. The lowest BCUT2D eigenvalue weighted by Gasteiger charge is -2.00. The third-order valence-electron chi connectivity index (χ3n) is 2.97. The van der Waals surface area contributed by atoms with Crippen molar-refractivity contribution in [2.75, 3.05) is 0 Å². The number of hydrogen-bond acceptors (Lipinski definition) is 0. The van der Waals surface area contributed by atoms with Gasteiger partial charge in [0, 0.05) is 23.0 Å². The van der Waals surface area contributed by atoms with Gasteiger partial charge in [-0.05, 0) is 36.2 Å². The predicted molar refractivity (Wildman–Crippen MR) is 72.5 cm³/mol. The second-order valence-electron chi connectivity index (χ2n) is 4.10. The van der Waals surface area contributed by atoms with E-state index in [1.54, 1.807) is 0 Å². The van der Waals surface area contributed by atoms with Crippen molar-refractivity contribution < 1.29 is 0 Å². The van der Waals surface area contributed by atoms with E-state index in [0.29, 0.717) is 0 Å². The molecule has 2 radical (unpaired) electrons. The molecule has 17 heavy (non-hydrogen) atoms. The minimum absolute atomic E-state index is 1.06. The fourth-order valence-corrected chi connectivity index (χ4v) is 2.08. The molecule has 0 unspecified atom stereocenters. The van der Waals surface area contributed by atoms with E-state index < -0.39 is 0 Å². The van der Waals surface area contributed by atoms with E-state index in [4.69, 9.17) is 0 Å². The summed E-state index contributed by atoms with van der Waals surface area (Å²) in [6, 6.07) is 19.0. The van der Waals surface area contributed by atoms with Crippen molar-refractivity contribution >= 4 is 10.9 Å². The van der Waals surface area contributed by atoms with Crippen LogP contribution in [0.5, 0.6) is 0 Å². The van der Waals surface area contributed by atoms with Crippen LogP contribution in [0.15, 0.2) is 54.6 Å². The van der Waals surface area contributed by atoms with Crippen LogP contribution in [-0.2, 0) is 0 Å². The van der Waals surface area contributed by atoms with E-state index in [1.165, 1.54) is 16.5 Å². The first-order valence-corrected chi connectivity index (χ1v) is 5.67. The van der Waals surface area contributed by atoms with Crippen LogP contribution >= 0.6 is 0 Å². The second kappa shape index (κ2) is 4.10. The average molecular weight is 219 g/mol. The van der Waals surface area contributed by atoms with E-state index in [0.717, 1.165) is 11.2 Å². The second-order valence-corrected chi connectivity index (χ2v) is 4.10. The van der Waals surface area contributed by atoms with E-state index >= 15 is 0 Å². The molecule has 1 aromatic heterocycles. The van der Waals surface area contributed by atoms with Crippen LogP contribution in [0.25, 0.3) is 22.0 Å². The molecule has 1 nitrogen and oxygen atoms in total. The van der Waals surface area contributed by atoms with Gasteiger partial charge in [0.1, 0.15) is 0 Å². The average Bonchev–Trinajstić information content (AvgIpc) is 2.81. The highest BCUT2D eigenvalue weighted by Gasteiger charge is 2.02. The topological polar surface area (TPSA) is 15.8 Å². The molecular formula is C16H13N. The van der Waals surface area contributed by atoms with E-state index in [1.807, 2.05) is 12.5 Å². The zero-order chi connectivity index (χ0) is 11.7. The van der Waals surface area contributed by atoms with Crippen molar-refractivity contribution in [2.24, 2.45) is 0 Å². The molecule has 3 aromatic rings. The Hall–Kier alpha value is -2.02. The number of aromatic amines is 1. The molecule has 0 aliphatic heterocycles. The van der Waals surface area contributed by atoms with Crippen LogP contribution in [0.3, 0.4) is 0 Å². The number of H-pyrrole nitrogens is 1. The molecule has 2 aromatic carbocycles. The number of fused-ring (bicyclic) bond motifs is 1. The quantitative estimate of drug-likeness (QED) is 0.664. The summed E-state index contributed by atoms with van der Waals surface area (Å²) < 4.78 is 0. The van der Waals surface area contributed by atoms with E-state index in [9.17, 15) is 0 Å². The SMILES string of the molecule is [CH2][CH]c1cc2cc(-c3ccccc3)ccc2[nH]1. The van der Waals surface area contributed by atoms with Gasteiger partial charge >= 0.3 is 0 Å². The molecule has 0 atom stereocenters. The summed E-state index contributed by atoms with van der Waals surface area (Å²) in [5, 5.41) is 1.22. The molecule has 0 aliphatic rings. The standard InChI is InChI=1S/C16H13N/c1-2-15-11-14-10-13(8-9-16(14)17-15)12-6-4-3-5-7-12/h2-11,17H,1H2. The van der Waals surface area contributed by atoms with Crippen molar-refractivity contribution in [1.82, 2.24) is 4.98 Å². The third kappa shape index (κ3) is 1.84. The molecule has 0 bridgehead atoms. The number of rotatable bonds is 2. The minimum atomic E-state index is 1.06. The number of nitrogens with one attached hydrogen (secondary N) is 1. The Labute approximate surface area is 101 Å². The molecule has 1 heteroatoms. The molecule has 1 heterocycles. The lowest BCUT2D eigenvalue weighted by molar-refractivity contribution is 1.34. The molecule has 0 amide bonds. The fourth-order valence-electron chi connectivity index (χ4n) is 2.08. The minimum Gasteiger partial charge on any atom is -0.358 e. The Morgan fingerprint density at radius 2 is 1.71 bits per heavy atom. The fraction of sp³-hybridized carbons (Fsp3) is 0. The zero-order valence-electron chi connectivity index (χ0n) is 9.48. The van der Waals surface area contributed by atoms with Gasteiger partial charge in [-0.1, -0.05) is 36.4 Å². The van der Waals surface area contributed by atoms with Crippen LogP contribution in [0.4, 0.5) is 0 Å². The molecule has 3 rings (SSSR count). The maximum absolute atomic E-state index is 3.78. The maximum Gasteiger partial charge on any atom is 0.0456 e. The molecule has 1 N–H and O–H groups in total. The highest BCUT2D eigenvalue weighted by Crippen LogP contribution is 2.24. The number of aromatic nitrogens is 1. The van der Waals surface area contributed by atoms with Crippen molar-refractivity contribution in [3.05, 3.63) is 73.6 Å². The molecule has 0 fully saturated rings. The summed E-state index contributed by atoms with van der Waals surface area (Å²) in [7, 11) is 0. The smallest absolute Gasteiger partial charge is 0.0456 e. The van der Waals surface area contributed by atoms with Crippen molar-refractivity contribution in [3.8, 4) is 11.1 Å². The van der Waals surface area contributed by atoms with Gasteiger partial charge in [0.15, 0.2) is 0 Å². The third-order valence-corrected chi connectivity index (χ3v) is 2.97. The highest BCUT2D eigenvalue weighted by molar-refractivity contribution is 5.86. The Morgan fingerprint density at radius 3 is 2.47 bits per heavy atom. The summed E-state index contributed by atoms with van der Waals surface area (Å²) in [5.41, 5.74) is 4.70. The van der Waals surface area contributed by atoms with Crippen LogP contribution in [0.2, 0.25) is 0 Å². The normalized spacial score (nSPS) is 10.9. The largest absolute Gasteiger partial charge is 0.358 e. The highest BCUT2D eigenvalue weighted by atomic mass is 14.7.